The molecule has 0 radical (unpaired) electrons. The summed E-state index contributed by atoms with van der Waals surface area (Å²) in [4.78, 5) is 13.1. The molecule has 0 aliphatic rings. The molecule has 0 unspecified atom stereocenters. The van der Waals surface area contributed by atoms with Gasteiger partial charge in [0.15, 0.2) is 0 Å². The van der Waals surface area contributed by atoms with Crippen molar-refractivity contribution in [1.29, 1.82) is 0 Å². The minimum absolute atomic E-state index is 0.0950. The number of benzene rings is 1. The molecule has 0 heterocycles. The van der Waals surface area contributed by atoms with E-state index >= 15 is 0 Å². The van der Waals surface area contributed by atoms with Gasteiger partial charge in [-0.25, -0.2) is 0 Å². The van der Waals surface area contributed by atoms with Crippen LogP contribution in [0.5, 0.6) is 0 Å². The van der Waals surface area contributed by atoms with Crippen LogP contribution < -0.4 is 0 Å². The van der Waals surface area contributed by atoms with E-state index in [-0.39, 0.29) is 5.91 Å². The first-order chi connectivity index (χ1) is 7.43. The van der Waals surface area contributed by atoms with E-state index in [1.165, 1.54) is 4.90 Å². The molecule has 0 bridgehead atoms. The van der Waals surface area contributed by atoms with Gasteiger partial charge in [-0.1, -0.05) is 30.7 Å². The second-order valence-corrected chi connectivity index (χ2v) is 4.45. The summed E-state index contributed by atoms with van der Waals surface area (Å²) in [5, 5.41) is 10.6. The number of amides is 1. The molecule has 1 N–H and O–H groups in total. The van der Waals surface area contributed by atoms with Gasteiger partial charge in [0.2, 0.25) is 5.91 Å². The smallest absolute Gasteiger partial charge is 0.227 e. The second-order valence-electron chi connectivity index (χ2n) is 4.02. The van der Waals surface area contributed by atoms with Gasteiger partial charge in [-0.05, 0) is 17.7 Å². The monoisotopic (exact) mass is 241 g/mol. The van der Waals surface area contributed by atoms with Gasteiger partial charge in [0, 0.05) is 19.1 Å². The molecule has 1 aromatic carbocycles. The van der Waals surface area contributed by atoms with Crippen LogP contribution in [0.15, 0.2) is 24.3 Å². The summed E-state index contributed by atoms with van der Waals surface area (Å²) in [5.41, 5.74) is 0.701. The van der Waals surface area contributed by atoms with Crippen LogP contribution in [0.25, 0.3) is 0 Å². The number of nitrogens with zero attached hydrogens (tertiary/aromatic N) is 1. The number of rotatable bonds is 3. The molecule has 0 saturated carbocycles. The number of halogens is 1. The molecule has 3 nitrogen and oxygen atoms in total. The Kier molecular flexibility index (Phi) is 4.33. The van der Waals surface area contributed by atoms with E-state index in [0.717, 1.165) is 0 Å². The maximum atomic E-state index is 11.7. The SMILES string of the molecule is C[C@@H](C(=O)N(C)C)[C@H](O)c1ccc(Cl)cc1. The van der Waals surface area contributed by atoms with E-state index in [4.69, 9.17) is 11.6 Å². The molecule has 88 valence electrons. The van der Waals surface area contributed by atoms with Crippen molar-refractivity contribution < 1.29 is 9.90 Å². The summed E-state index contributed by atoms with van der Waals surface area (Å²) in [5.74, 6) is -0.557. The number of aliphatic hydroxyl groups excluding tert-OH is 1. The lowest BCUT2D eigenvalue weighted by atomic mass is 9.96. The van der Waals surface area contributed by atoms with E-state index in [1.54, 1.807) is 45.3 Å². The topological polar surface area (TPSA) is 40.5 Å². The van der Waals surface area contributed by atoms with Crippen LogP contribution in [0.3, 0.4) is 0 Å². The Morgan fingerprint density at radius 2 is 1.81 bits per heavy atom. The lowest BCUT2D eigenvalue weighted by Crippen LogP contribution is -2.31. The van der Waals surface area contributed by atoms with Crippen LogP contribution in [0.1, 0.15) is 18.6 Å². The highest BCUT2D eigenvalue weighted by molar-refractivity contribution is 6.30. The fourth-order valence-electron chi connectivity index (χ4n) is 1.49. The molecular formula is C12H16ClNO2. The van der Waals surface area contributed by atoms with Crippen LogP contribution in [0.2, 0.25) is 5.02 Å². The first kappa shape index (κ1) is 13.0. The van der Waals surface area contributed by atoms with Crippen LogP contribution in [0.4, 0.5) is 0 Å². The van der Waals surface area contributed by atoms with Crippen molar-refractivity contribution in [2.75, 3.05) is 14.1 Å². The van der Waals surface area contributed by atoms with Crippen molar-refractivity contribution in [3.63, 3.8) is 0 Å². The zero-order valence-electron chi connectivity index (χ0n) is 9.64. The average molecular weight is 242 g/mol. The van der Waals surface area contributed by atoms with Crippen LogP contribution >= 0.6 is 11.6 Å². The molecule has 0 spiro atoms. The molecule has 1 aromatic rings. The van der Waals surface area contributed by atoms with Crippen LogP contribution in [-0.2, 0) is 4.79 Å². The van der Waals surface area contributed by atoms with Gasteiger partial charge >= 0.3 is 0 Å². The average Bonchev–Trinajstić information content (AvgIpc) is 2.27. The molecule has 4 heteroatoms. The summed E-state index contributed by atoms with van der Waals surface area (Å²) < 4.78 is 0. The summed E-state index contributed by atoms with van der Waals surface area (Å²) >= 11 is 5.75. The quantitative estimate of drug-likeness (QED) is 0.881. The van der Waals surface area contributed by atoms with Crippen molar-refractivity contribution in [1.82, 2.24) is 4.90 Å². The number of aliphatic hydroxyl groups is 1. The number of carbonyl (C=O) groups is 1. The number of hydrogen-bond donors (Lipinski definition) is 1. The molecule has 0 aliphatic carbocycles. The third-order valence-electron chi connectivity index (χ3n) is 2.52. The predicted octanol–water partition coefficient (Wildman–Crippen LogP) is 2.10. The van der Waals surface area contributed by atoms with Crippen molar-refractivity contribution >= 4 is 17.5 Å². The van der Waals surface area contributed by atoms with Gasteiger partial charge in [-0.2, -0.15) is 0 Å². The minimum atomic E-state index is -0.799. The zero-order valence-corrected chi connectivity index (χ0v) is 10.4. The molecular weight excluding hydrogens is 226 g/mol. The highest BCUT2D eigenvalue weighted by Gasteiger charge is 2.24. The normalized spacial score (nSPS) is 14.3. The van der Waals surface area contributed by atoms with Crippen molar-refractivity contribution in [3.05, 3.63) is 34.9 Å². The van der Waals surface area contributed by atoms with Crippen molar-refractivity contribution in [2.24, 2.45) is 5.92 Å². The molecule has 0 fully saturated rings. The highest BCUT2D eigenvalue weighted by Crippen LogP contribution is 2.24. The molecule has 0 saturated heterocycles. The van der Waals surface area contributed by atoms with Gasteiger partial charge in [0.25, 0.3) is 0 Å². The zero-order chi connectivity index (χ0) is 12.3. The Morgan fingerprint density at radius 3 is 2.25 bits per heavy atom. The second kappa shape index (κ2) is 5.32. The summed E-state index contributed by atoms with van der Waals surface area (Å²) in [6, 6.07) is 6.86. The number of carbonyl (C=O) groups excluding carboxylic acids is 1. The Labute approximate surface area is 101 Å². The standard InChI is InChI=1S/C12H16ClNO2/c1-8(12(16)14(2)3)11(15)9-4-6-10(13)7-5-9/h4-8,11,15H,1-3H3/t8-,11+/m1/s1. The third-order valence-corrected chi connectivity index (χ3v) is 2.77. The molecule has 1 rings (SSSR count). The number of hydrogen-bond acceptors (Lipinski definition) is 2. The Balaban J connectivity index is 2.81. The van der Waals surface area contributed by atoms with Crippen LogP contribution in [0, 0.1) is 5.92 Å². The molecule has 0 aliphatic heterocycles. The van der Waals surface area contributed by atoms with Crippen molar-refractivity contribution in [3.8, 4) is 0 Å². The van der Waals surface area contributed by atoms with Crippen LogP contribution in [-0.4, -0.2) is 30.0 Å². The first-order valence-corrected chi connectivity index (χ1v) is 5.46. The largest absolute Gasteiger partial charge is 0.388 e. The van der Waals surface area contributed by atoms with E-state index in [0.29, 0.717) is 10.6 Å². The molecule has 2 atom stereocenters. The fraction of sp³-hybridized carbons (Fsp3) is 0.417. The Morgan fingerprint density at radius 1 is 1.31 bits per heavy atom. The van der Waals surface area contributed by atoms with E-state index in [2.05, 4.69) is 0 Å². The first-order valence-electron chi connectivity index (χ1n) is 5.08. The van der Waals surface area contributed by atoms with E-state index < -0.39 is 12.0 Å². The lowest BCUT2D eigenvalue weighted by Gasteiger charge is -2.21. The molecule has 0 aromatic heterocycles. The predicted molar refractivity (Wildman–Crippen MR) is 64.3 cm³/mol. The van der Waals surface area contributed by atoms with Gasteiger partial charge in [-0.3, -0.25) is 4.79 Å². The highest BCUT2D eigenvalue weighted by atomic mass is 35.5. The maximum Gasteiger partial charge on any atom is 0.227 e. The third kappa shape index (κ3) is 2.97. The summed E-state index contributed by atoms with van der Waals surface area (Å²) in [6.45, 7) is 1.71. The summed E-state index contributed by atoms with van der Waals surface area (Å²) in [6.07, 6.45) is -0.799. The fourth-order valence-corrected chi connectivity index (χ4v) is 1.62. The molecule has 16 heavy (non-hydrogen) atoms. The van der Waals surface area contributed by atoms with Gasteiger partial charge < -0.3 is 10.0 Å². The summed E-state index contributed by atoms with van der Waals surface area (Å²) in [7, 11) is 3.35. The van der Waals surface area contributed by atoms with Crippen molar-refractivity contribution in [2.45, 2.75) is 13.0 Å². The van der Waals surface area contributed by atoms with Gasteiger partial charge in [0.1, 0.15) is 0 Å². The lowest BCUT2D eigenvalue weighted by molar-refractivity contribution is -0.136. The Hall–Kier alpha value is -1.06. The maximum absolute atomic E-state index is 11.7. The van der Waals surface area contributed by atoms with Gasteiger partial charge in [0.05, 0.1) is 12.0 Å². The minimum Gasteiger partial charge on any atom is -0.388 e. The van der Waals surface area contributed by atoms with E-state index in [1.807, 2.05) is 0 Å². The molecule has 1 amide bonds. The van der Waals surface area contributed by atoms with Gasteiger partial charge in [-0.15, -0.1) is 0 Å². The Bertz CT molecular complexity index is 362. The van der Waals surface area contributed by atoms with E-state index in [9.17, 15) is 9.90 Å².